The van der Waals surface area contributed by atoms with Gasteiger partial charge in [-0.3, -0.25) is 0 Å². The molecule has 0 unspecified atom stereocenters. The third-order valence-electron chi connectivity index (χ3n) is 3.07. The summed E-state index contributed by atoms with van der Waals surface area (Å²) in [5.41, 5.74) is 2.87. The SMILES string of the molecule is CCC(CC)NCCc1ccccc1C. The van der Waals surface area contributed by atoms with Crippen molar-refractivity contribution in [3.63, 3.8) is 0 Å². The number of hydrogen-bond acceptors (Lipinski definition) is 1. The largest absolute Gasteiger partial charge is 0.314 e. The molecule has 0 saturated carbocycles. The summed E-state index contributed by atoms with van der Waals surface area (Å²) < 4.78 is 0. The molecule has 0 fully saturated rings. The summed E-state index contributed by atoms with van der Waals surface area (Å²) in [5, 5.41) is 3.59. The Labute approximate surface area is 93.9 Å². The molecule has 15 heavy (non-hydrogen) atoms. The molecule has 0 aliphatic rings. The summed E-state index contributed by atoms with van der Waals surface area (Å²) in [6.45, 7) is 7.77. The van der Waals surface area contributed by atoms with E-state index >= 15 is 0 Å². The molecule has 0 radical (unpaired) electrons. The second kappa shape index (κ2) is 6.62. The highest BCUT2D eigenvalue weighted by atomic mass is 14.9. The Morgan fingerprint density at radius 1 is 1.13 bits per heavy atom. The second-order valence-electron chi connectivity index (χ2n) is 4.14. The highest BCUT2D eigenvalue weighted by molar-refractivity contribution is 5.25. The second-order valence-corrected chi connectivity index (χ2v) is 4.14. The Kier molecular flexibility index (Phi) is 5.41. The molecule has 1 N–H and O–H groups in total. The first-order valence-corrected chi connectivity index (χ1v) is 6.05. The Hall–Kier alpha value is -0.820. The topological polar surface area (TPSA) is 12.0 Å². The third kappa shape index (κ3) is 4.05. The molecule has 1 aromatic rings. The Bertz CT molecular complexity index is 276. The van der Waals surface area contributed by atoms with Crippen LogP contribution in [0.3, 0.4) is 0 Å². The predicted octanol–water partition coefficient (Wildman–Crippen LogP) is 3.32. The van der Waals surface area contributed by atoms with E-state index in [4.69, 9.17) is 0 Å². The molecule has 0 spiro atoms. The lowest BCUT2D eigenvalue weighted by Crippen LogP contribution is -2.29. The van der Waals surface area contributed by atoms with Crippen LogP contribution in [-0.4, -0.2) is 12.6 Å². The van der Waals surface area contributed by atoms with Gasteiger partial charge in [-0.1, -0.05) is 38.1 Å². The lowest BCUT2D eigenvalue weighted by Gasteiger charge is -2.14. The maximum absolute atomic E-state index is 3.59. The molecule has 1 nitrogen and oxygen atoms in total. The van der Waals surface area contributed by atoms with Crippen molar-refractivity contribution >= 4 is 0 Å². The normalized spacial score (nSPS) is 10.9. The predicted molar refractivity (Wildman–Crippen MR) is 67.3 cm³/mol. The number of rotatable bonds is 6. The van der Waals surface area contributed by atoms with Crippen molar-refractivity contribution in [3.05, 3.63) is 35.4 Å². The quantitative estimate of drug-likeness (QED) is 0.751. The fraction of sp³-hybridized carbons (Fsp3) is 0.571. The molecule has 0 bridgehead atoms. The van der Waals surface area contributed by atoms with Crippen LogP contribution >= 0.6 is 0 Å². The zero-order valence-electron chi connectivity index (χ0n) is 10.2. The Morgan fingerprint density at radius 3 is 2.40 bits per heavy atom. The molecular formula is C14H23N. The van der Waals surface area contributed by atoms with Gasteiger partial charge in [-0.05, 0) is 43.9 Å². The van der Waals surface area contributed by atoms with Gasteiger partial charge in [-0.25, -0.2) is 0 Å². The van der Waals surface area contributed by atoms with Crippen molar-refractivity contribution in [2.24, 2.45) is 0 Å². The summed E-state index contributed by atoms with van der Waals surface area (Å²) in [6.07, 6.45) is 3.59. The van der Waals surface area contributed by atoms with E-state index in [0.29, 0.717) is 6.04 Å². The van der Waals surface area contributed by atoms with Crippen LogP contribution in [0.15, 0.2) is 24.3 Å². The zero-order valence-corrected chi connectivity index (χ0v) is 10.2. The lowest BCUT2D eigenvalue weighted by molar-refractivity contribution is 0.488. The van der Waals surface area contributed by atoms with Crippen LogP contribution in [0.25, 0.3) is 0 Å². The van der Waals surface area contributed by atoms with E-state index in [1.54, 1.807) is 0 Å². The average Bonchev–Trinajstić information content (AvgIpc) is 2.27. The van der Waals surface area contributed by atoms with Crippen molar-refractivity contribution in [3.8, 4) is 0 Å². The molecule has 0 amide bonds. The van der Waals surface area contributed by atoms with Crippen LogP contribution in [0.5, 0.6) is 0 Å². The molecule has 0 heterocycles. The smallest absolute Gasteiger partial charge is 0.00619 e. The molecule has 0 aliphatic carbocycles. The zero-order chi connectivity index (χ0) is 11.1. The minimum absolute atomic E-state index is 0.689. The molecular weight excluding hydrogens is 182 g/mol. The van der Waals surface area contributed by atoms with E-state index in [0.717, 1.165) is 13.0 Å². The van der Waals surface area contributed by atoms with Gasteiger partial charge < -0.3 is 5.32 Å². The van der Waals surface area contributed by atoms with Gasteiger partial charge in [-0.15, -0.1) is 0 Å². The first-order chi connectivity index (χ1) is 7.27. The summed E-state index contributed by atoms with van der Waals surface area (Å²) in [5.74, 6) is 0. The van der Waals surface area contributed by atoms with Crippen molar-refractivity contribution in [2.45, 2.75) is 46.1 Å². The van der Waals surface area contributed by atoms with E-state index in [1.165, 1.54) is 24.0 Å². The Morgan fingerprint density at radius 2 is 1.80 bits per heavy atom. The highest BCUT2D eigenvalue weighted by Crippen LogP contribution is 2.07. The molecule has 1 aromatic carbocycles. The van der Waals surface area contributed by atoms with E-state index in [-0.39, 0.29) is 0 Å². The van der Waals surface area contributed by atoms with Crippen molar-refractivity contribution < 1.29 is 0 Å². The summed E-state index contributed by atoms with van der Waals surface area (Å²) in [4.78, 5) is 0. The Balaban J connectivity index is 2.34. The maximum atomic E-state index is 3.59. The van der Waals surface area contributed by atoms with Gasteiger partial charge in [0, 0.05) is 6.04 Å². The van der Waals surface area contributed by atoms with Gasteiger partial charge in [0.2, 0.25) is 0 Å². The first-order valence-electron chi connectivity index (χ1n) is 6.05. The standard InChI is InChI=1S/C14H23N/c1-4-14(5-2)15-11-10-13-9-7-6-8-12(13)3/h6-9,14-15H,4-5,10-11H2,1-3H3. The molecule has 1 heteroatoms. The van der Waals surface area contributed by atoms with Crippen molar-refractivity contribution in [1.29, 1.82) is 0 Å². The van der Waals surface area contributed by atoms with Crippen LogP contribution in [0.2, 0.25) is 0 Å². The van der Waals surface area contributed by atoms with Crippen LogP contribution in [0, 0.1) is 6.92 Å². The summed E-state index contributed by atoms with van der Waals surface area (Å²) >= 11 is 0. The monoisotopic (exact) mass is 205 g/mol. The number of aryl methyl sites for hydroxylation is 1. The van der Waals surface area contributed by atoms with E-state index in [2.05, 4.69) is 50.4 Å². The minimum Gasteiger partial charge on any atom is -0.314 e. The van der Waals surface area contributed by atoms with E-state index in [1.807, 2.05) is 0 Å². The van der Waals surface area contributed by atoms with Crippen molar-refractivity contribution in [1.82, 2.24) is 5.32 Å². The van der Waals surface area contributed by atoms with Gasteiger partial charge in [0.15, 0.2) is 0 Å². The van der Waals surface area contributed by atoms with Crippen LogP contribution in [0.4, 0.5) is 0 Å². The summed E-state index contributed by atoms with van der Waals surface area (Å²) in [6, 6.07) is 9.33. The van der Waals surface area contributed by atoms with E-state index < -0.39 is 0 Å². The van der Waals surface area contributed by atoms with Gasteiger partial charge >= 0.3 is 0 Å². The van der Waals surface area contributed by atoms with Gasteiger partial charge in [0.25, 0.3) is 0 Å². The maximum Gasteiger partial charge on any atom is 0.00619 e. The molecule has 0 atom stereocenters. The first kappa shape index (κ1) is 12.3. The molecule has 84 valence electrons. The number of hydrogen-bond donors (Lipinski definition) is 1. The van der Waals surface area contributed by atoms with Crippen LogP contribution in [0.1, 0.15) is 37.8 Å². The summed E-state index contributed by atoms with van der Waals surface area (Å²) in [7, 11) is 0. The van der Waals surface area contributed by atoms with E-state index in [9.17, 15) is 0 Å². The lowest BCUT2D eigenvalue weighted by atomic mass is 10.1. The fourth-order valence-electron chi connectivity index (χ4n) is 1.88. The fourth-order valence-corrected chi connectivity index (χ4v) is 1.88. The molecule has 0 aliphatic heterocycles. The van der Waals surface area contributed by atoms with Gasteiger partial charge in [0.05, 0.1) is 0 Å². The van der Waals surface area contributed by atoms with Gasteiger partial charge in [-0.2, -0.15) is 0 Å². The number of benzene rings is 1. The molecule has 1 rings (SSSR count). The minimum atomic E-state index is 0.689. The van der Waals surface area contributed by atoms with Crippen LogP contribution in [-0.2, 0) is 6.42 Å². The highest BCUT2D eigenvalue weighted by Gasteiger charge is 2.02. The van der Waals surface area contributed by atoms with Crippen molar-refractivity contribution in [2.75, 3.05) is 6.54 Å². The third-order valence-corrected chi connectivity index (χ3v) is 3.07. The average molecular weight is 205 g/mol. The molecule has 0 saturated heterocycles. The number of nitrogens with one attached hydrogen (secondary N) is 1. The molecule has 0 aromatic heterocycles. The van der Waals surface area contributed by atoms with Gasteiger partial charge in [0.1, 0.15) is 0 Å². The van der Waals surface area contributed by atoms with Crippen LogP contribution < -0.4 is 5.32 Å².